The Kier molecular flexibility index (Phi) is 6.84. The molecule has 0 bridgehead atoms. The molecule has 11 nitrogen and oxygen atoms in total. The third kappa shape index (κ3) is 5.58. The van der Waals surface area contributed by atoms with Gasteiger partial charge >= 0.3 is 5.69 Å². The molecule has 1 heterocycles. The zero-order valence-electron chi connectivity index (χ0n) is 17.4. The molecule has 4 aromatic rings. The molecule has 0 spiro atoms. The molecule has 0 aliphatic rings. The van der Waals surface area contributed by atoms with Crippen molar-refractivity contribution in [3.05, 3.63) is 93.5 Å². The van der Waals surface area contributed by atoms with E-state index < -0.39 is 10.8 Å². The lowest BCUT2D eigenvalue weighted by Gasteiger charge is -2.08. The highest BCUT2D eigenvalue weighted by molar-refractivity contribution is 6.32. The molecular weight excluding hydrogens is 462 g/mol. The molecule has 3 aromatic carbocycles. The smallest absolute Gasteiger partial charge is 0.312 e. The first-order valence-corrected chi connectivity index (χ1v) is 10.2. The zero-order chi connectivity index (χ0) is 23.9. The lowest BCUT2D eigenvalue weighted by Crippen LogP contribution is -2.24. The Hall–Kier alpha value is -4.64. The van der Waals surface area contributed by atoms with Crippen LogP contribution in [-0.4, -0.2) is 37.3 Å². The first-order valence-electron chi connectivity index (χ1n) is 9.85. The Morgan fingerprint density at radius 3 is 2.65 bits per heavy atom. The number of carbonyl (C=O) groups is 1. The van der Waals surface area contributed by atoms with Crippen LogP contribution in [0.25, 0.3) is 11.4 Å². The van der Waals surface area contributed by atoms with Crippen LogP contribution in [0.4, 0.5) is 5.69 Å². The summed E-state index contributed by atoms with van der Waals surface area (Å²) in [6.07, 6.45) is 1.27. The summed E-state index contributed by atoms with van der Waals surface area (Å²) in [6, 6.07) is 20.1. The largest absolute Gasteiger partial charge is 0.449 e. The molecular formula is C22H16ClN7O4. The van der Waals surface area contributed by atoms with E-state index >= 15 is 0 Å². The normalized spacial score (nSPS) is 10.9. The van der Waals surface area contributed by atoms with Crippen molar-refractivity contribution in [2.24, 2.45) is 5.10 Å². The number of hydrogen-bond acceptors (Lipinski definition) is 8. The molecule has 12 heteroatoms. The van der Waals surface area contributed by atoms with E-state index in [2.05, 4.69) is 25.9 Å². The van der Waals surface area contributed by atoms with E-state index in [4.69, 9.17) is 16.3 Å². The predicted molar refractivity (Wildman–Crippen MR) is 124 cm³/mol. The fraction of sp³-hybridized carbons (Fsp3) is 0.0455. The topological polar surface area (TPSA) is 137 Å². The van der Waals surface area contributed by atoms with Crippen molar-refractivity contribution in [1.29, 1.82) is 0 Å². The van der Waals surface area contributed by atoms with E-state index in [9.17, 15) is 14.9 Å². The van der Waals surface area contributed by atoms with Crippen LogP contribution >= 0.6 is 11.6 Å². The Morgan fingerprint density at radius 2 is 1.88 bits per heavy atom. The molecule has 0 atom stereocenters. The van der Waals surface area contributed by atoms with Crippen molar-refractivity contribution in [3.8, 4) is 22.9 Å². The summed E-state index contributed by atoms with van der Waals surface area (Å²) in [7, 11) is 0. The number of hydrazone groups is 1. The van der Waals surface area contributed by atoms with Crippen LogP contribution in [0.3, 0.4) is 0 Å². The standard InChI is InChI=1S/C22H16ClN7O4/c23-17-8-4-5-9-19(17)34-20-11-10-15(12-18(20)30(32)33)13-24-25-21(31)14-29-27-22(26-28-29)16-6-2-1-3-7-16/h1-13H,14H2,(H,25,31)/b24-13+. The van der Waals surface area contributed by atoms with Gasteiger partial charge in [-0.2, -0.15) is 9.90 Å². The number of halogens is 1. The highest BCUT2D eigenvalue weighted by atomic mass is 35.5. The van der Waals surface area contributed by atoms with Gasteiger partial charge in [-0.1, -0.05) is 54.1 Å². The van der Waals surface area contributed by atoms with E-state index in [0.29, 0.717) is 16.4 Å². The molecule has 0 saturated heterocycles. The van der Waals surface area contributed by atoms with Crippen LogP contribution in [-0.2, 0) is 11.3 Å². The third-order valence-electron chi connectivity index (χ3n) is 4.41. The highest BCUT2D eigenvalue weighted by Gasteiger charge is 2.17. The summed E-state index contributed by atoms with van der Waals surface area (Å²) in [5.74, 6) is 0.202. The maximum atomic E-state index is 12.1. The fourth-order valence-corrected chi connectivity index (χ4v) is 3.02. The van der Waals surface area contributed by atoms with E-state index in [0.717, 1.165) is 10.4 Å². The highest BCUT2D eigenvalue weighted by Crippen LogP contribution is 2.35. The average molecular weight is 478 g/mol. The van der Waals surface area contributed by atoms with Crippen LogP contribution in [0.2, 0.25) is 5.02 Å². The number of rotatable bonds is 8. The molecule has 1 N–H and O–H groups in total. The van der Waals surface area contributed by atoms with Gasteiger partial charge in [-0.3, -0.25) is 14.9 Å². The monoisotopic (exact) mass is 477 g/mol. The SMILES string of the molecule is O=C(Cn1nnc(-c2ccccc2)n1)N/N=C/c1ccc(Oc2ccccc2Cl)c([N+](=O)[O-])c1. The minimum Gasteiger partial charge on any atom is -0.449 e. The molecule has 0 fully saturated rings. The van der Waals surface area contributed by atoms with Crippen LogP contribution in [0.5, 0.6) is 11.5 Å². The Morgan fingerprint density at radius 1 is 1.12 bits per heavy atom. The number of benzene rings is 3. The predicted octanol–water partition coefficient (Wildman–Crippen LogP) is 3.84. The number of hydrogen-bond donors (Lipinski definition) is 1. The van der Waals surface area contributed by atoms with Gasteiger partial charge in [-0.25, -0.2) is 5.43 Å². The van der Waals surface area contributed by atoms with Gasteiger partial charge in [-0.05, 0) is 29.5 Å². The first kappa shape index (κ1) is 22.6. The van der Waals surface area contributed by atoms with Crippen LogP contribution in [0.15, 0.2) is 77.9 Å². The summed E-state index contributed by atoms with van der Waals surface area (Å²) in [6.45, 7) is -0.206. The fourth-order valence-electron chi connectivity index (χ4n) is 2.85. The van der Waals surface area contributed by atoms with E-state index in [1.54, 1.807) is 30.3 Å². The maximum absolute atomic E-state index is 12.1. The van der Waals surface area contributed by atoms with Gasteiger partial charge in [0.05, 0.1) is 16.2 Å². The van der Waals surface area contributed by atoms with Gasteiger partial charge in [0.15, 0.2) is 0 Å². The molecule has 0 unspecified atom stereocenters. The summed E-state index contributed by atoms with van der Waals surface area (Å²) in [5.41, 5.74) is 3.19. The molecule has 0 aliphatic heterocycles. The second kappa shape index (κ2) is 10.3. The maximum Gasteiger partial charge on any atom is 0.312 e. The summed E-state index contributed by atoms with van der Waals surface area (Å²) < 4.78 is 5.59. The number of aromatic nitrogens is 4. The van der Waals surface area contributed by atoms with Crippen LogP contribution in [0.1, 0.15) is 5.56 Å². The van der Waals surface area contributed by atoms with Gasteiger partial charge in [0, 0.05) is 17.2 Å². The number of tetrazole rings is 1. The van der Waals surface area contributed by atoms with Crippen molar-refractivity contribution in [2.75, 3.05) is 0 Å². The second-order valence-corrected chi connectivity index (χ2v) is 7.23. The van der Waals surface area contributed by atoms with Crippen molar-refractivity contribution >= 4 is 29.4 Å². The van der Waals surface area contributed by atoms with E-state index in [1.165, 1.54) is 18.3 Å². The van der Waals surface area contributed by atoms with Crippen molar-refractivity contribution in [3.63, 3.8) is 0 Å². The molecule has 1 aromatic heterocycles. The molecule has 0 saturated carbocycles. The third-order valence-corrected chi connectivity index (χ3v) is 4.72. The molecule has 1 amide bonds. The van der Waals surface area contributed by atoms with Crippen molar-refractivity contribution < 1.29 is 14.5 Å². The number of nitrogens with one attached hydrogen (secondary N) is 1. The van der Waals surface area contributed by atoms with Crippen molar-refractivity contribution in [2.45, 2.75) is 6.54 Å². The van der Waals surface area contributed by atoms with Gasteiger partial charge in [0.25, 0.3) is 5.91 Å². The second-order valence-electron chi connectivity index (χ2n) is 6.82. The number of nitro benzene ring substituents is 1. The molecule has 170 valence electrons. The summed E-state index contributed by atoms with van der Waals surface area (Å²) >= 11 is 6.06. The number of nitro groups is 1. The zero-order valence-corrected chi connectivity index (χ0v) is 18.2. The van der Waals surface area contributed by atoms with E-state index in [-0.39, 0.29) is 23.7 Å². The van der Waals surface area contributed by atoms with Gasteiger partial charge < -0.3 is 4.74 Å². The van der Waals surface area contributed by atoms with Gasteiger partial charge in [0.2, 0.25) is 11.6 Å². The van der Waals surface area contributed by atoms with E-state index in [1.807, 2.05) is 30.3 Å². The number of carbonyl (C=O) groups excluding carboxylic acids is 1. The summed E-state index contributed by atoms with van der Waals surface area (Å²) in [5, 5.41) is 27.6. The Bertz CT molecular complexity index is 1360. The lowest BCUT2D eigenvalue weighted by molar-refractivity contribution is -0.385. The first-order chi connectivity index (χ1) is 16.5. The molecule has 34 heavy (non-hydrogen) atoms. The molecule has 4 rings (SSSR count). The number of amides is 1. The van der Waals surface area contributed by atoms with Crippen LogP contribution in [0, 0.1) is 10.1 Å². The van der Waals surface area contributed by atoms with Gasteiger partial charge in [-0.15, -0.1) is 10.2 Å². The number of ether oxygens (including phenoxy) is 1. The molecule has 0 radical (unpaired) electrons. The van der Waals surface area contributed by atoms with Gasteiger partial charge in [0.1, 0.15) is 12.3 Å². The Labute approximate surface area is 197 Å². The minimum absolute atomic E-state index is 0.0192. The average Bonchev–Trinajstić information content (AvgIpc) is 3.30. The number of para-hydroxylation sites is 1. The lowest BCUT2D eigenvalue weighted by atomic mass is 10.2. The molecule has 0 aliphatic carbocycles. The van der Waals surface area contributed by atoms with Crippen LogP contribution < -0.4 is 10.2 Å². The summed E-state index contributed by atoms with van der Waals surface area (Å²) in [4.78, 5) is 24.2. The van der Waals surface area contributed by atoms with Crippen molar-refractivity contribution in [1.82, 2.24) is 25.6 Å². The Balaban J connectivity index is 1.39. The minimum atomic E-state index is -0.581. The number of nitrogens with zero attached hydrogens (tertiary/aromatic N) is 6. The quantitative estimate of drug-likeness (QED) is 0.231.